The maximum atomic E-state index is 12.8. The number of amides is 2. The second-order valence-electron chi connectivity index (χ2n) is 7.43. The highest BCUT2D eigenvalue weighted by atomic mass is 79.9. The molecule has 1 aliphatic heterocycles. The lowest BCUT2D eigenvalue weighted by molar-refractivity contribution is 0.184. The molecule has 0 spiro atoms. The van der Waals surface area contributed by atoms with E-state index in [-0.39, 0.29) is 11.9 Å². The largest absolute Gasteiger partial charge is 0.339 e. The zero-order valence-electron chi connectivity index (χ0n) is 16.5. The van der Waals surface area contributed by atoms with Crippen LogP contribution in [0.4, 0.5) is 10.5 Å². The molecule has 2 amide bonds. The Morgan fingerprint density at radius 3 is 2.79 bits per heavy atom. The number of halogens is 1. The van der Waals surface area contributed by atoms with Crippen LogP contribution in [0.25, 0.3) is 11.4 Å². The average Bonchev–Trinajstić information content (AvgIpc) is 3.22. The van der Waals surface area contributed by atoms with E-state index in [0.717, 1.165) is 46.2 Å². The minimum Gasteiger partial charge on any atom is -0.339 e. The lowest BCUT2D eigenvalue weighted by Gasteiger charge is -2.31. The van der Waals surface area contributed by atoms with Gasteiger partial charge in [0.2, 0.25) is 11.7 Å². The zero-order chi connectivity index (χ0) is 20.4. The van der Waals surface area contributed by atoms with Crippen LogP contribution in [0.1, 0.15) is 35.8 Å². The molecule has 1 aromatic heterocycles. The maximum absolute atomic E-state index is 12.8. The molecule has 6 nitrogen and oxygen atoms in total. The van der Waals surface area contributed by atoms with E-state index in [1.807, 2.05) is 61.2 Å². The van der Waals surface area contributed by atoms with Crippen molar-refractivity contribution in [3.63, 3.8) is 0 Å². The molecule has 4 rings (SSSR count). The first-order valence-electron chi connectivity index (χ1n) is 9.73. The van der Waals surface area contributed by atoms with Gasteiger partial charge in [0, 0.05) is 28.8 Å². The summed E-state index contributed by atoms with van der Waals surface area (Å²) in [5, 5.41) is 7.17. The number of nitrogens with zero attached hydrogens (tertiary/aromatic N) is 3. The summed E-state index contributed by atoms with van der Waals surface area (Å²) in [7, 11) is 0. The van der Waals surface area contributed by atoms with Gasteiger partial charge in [0.05, 0.1) is 5.92 Å². The van der Waals surface area contributed by atoms with Crippen LogP contribution >= 0.6 is 15.9 Å². The van der Waals surface area contributed by atoms with Crippen LogP contribution in [0, 0.1) is 13.8 Å². The third kappa shape index (κ3) is 4.34. The van der Waals surface area contributed by atoms with Crippen molar-refractivity contribution in [1.82, 2.24) is 15.0 Å². The van der Waals surface area contributed by atoms with Crippen LogP contribution in [0.15, 0.2) is 51.5 Å². The normalized spacial score (nSPS) is 16.7. The number of aryl methyl sites for hydroxylation is 1. The first-order chi connectivity index (χ1) is 14.0. The molecular weight excluding hydrogens is 432 g/mol. The van der Waals surface area contributed by atoms with Gasteiger partial charge in [-0.05, 0) is 68.1 Å². The smallest absolute Gasteiger partial charge is 0.321 e. The van der Waals surface area contributed by atoms with Crippen LogP contribution in [-0.4, -0.2) is 34.2 Å². The number of nitrogens with one attached hydrogen (secondary N) is 1. The average molecular weight is 455 g/mol. The maximum Gasteiger partial charge on any atom is 0.321 e. The molecular formula is C22H23BrN4O2. The van der Waals surface area contributed by atoms with Crippen LogP contribution in [0.3, 0.4) is 0 Å². The SMILES string of the molecule is Cc1cccc(NC(=O)N2CCCC(c3nc(-c4ccc(Br)cc4)no3)C2)c1C. The van der Waals surface area contributed by atoms with Crippen LogP contribution in [0.5, 0.6) is 0 Å². The van der Waals surface area contributed by atoms with Gasteiger partial charge in [0.25, 0.3) is 0 Å². The number of urea groups is 1. The topological polar surface area (TPSA) is 71.3 Å². The Balaban J connectivity index is 1.45. The van der Waals surface area contributed by atoms with E-state index in [2.05, 4.69) is 31.4 Å². The van der Waals surface area contributed by atoms with Gasteiger partial charge in [-0.1, -0.05) is 33.2 Å². The third-order valence-corrected chi connectivity index (χ3v) is 5.98. The summed E-state index contributed by atoms with van der Waals surface area (Å²) < 4.78 is 6.54. The standard InChI is InChI=1S/C22H23BrN4O2/c1-14-5-3-7-19(15(14)2)24-22(28)27-12-4-6-17(13-27)21-25-20(26-29-21)16-8-10-18(23)11-9-16/h3,5,7-11,17H,4,6,12-13H2,1-2H3,(H,24,28). The number of hydrogen-bond donors (Lipinski definition) is 1. The van der Waals surface area contributed by atoms with Crippen LogP contribution < -0.4 is 5.32 Å². The molecule has 1 unspecified atom stereocenters. The molecule has 0 aliphatic carbocycles. The number of piperidine rings is 1. The third-order valence-electron chi connectivity index (χ3n) is 5.45. The van der Waals surface area contributed by atoms with Crippen LogP contribution in [0.2, 0.25) is 0 Å². The van der Waals surface area contributed by atoms with Gasteiger partial charge in [0.15, 0.2) is 0 Å². The summed E-state index contributed by atoms with van der Waals surface area (Å²) in [5.41, 5.74) is 4.01. The van der Waals surface area contributed by atoms with Crippen molar-refractivity contribution in [3.05, 3.63) is 64.0 Å². The fourth-order valence-electron chi connectivity index (χ4n) is 3.56. The molecule has 2 aromatic carbocycles. The number of anilines is 1. The van der Waals surface area contributed by atoms with Crippen molar-refractivity contribution in [2.75, 3.05) is 18.4 Å². The Kier molecular flexibility index (Phi) is 5.67. The fourth-order valence-corrected chi connectivity index (χ4v) is 3.83. The number of likely N-dealkylation sites (tertiary alicyclic amines) is 1. The van der Waals surface area contributed by atoms with Crippen molar-refractivity contribution in [2.45, 2.75) is 32.6 Å². The summed E-state index contributed by atoms with van der Waals surface area (Å²) >= 11 is 3.43. The summed E-state index contributed by atoms with van der Waals surface area (Å²) in [6, 6.07) is 13.6. The zero-order valence-corrected chi connectivity index (χ0v) is 18.1. The summed E-state index contributed by atoms with van der Waals surface area (Å²) in [6.07, 6.45) is 1.83. The van der Waals surface area contributed by atoms with Crippen LogP contribution in [-0.2, 0) is 0 Å². The Labute approximate surface area is 178 Å². The van der Waals surface area contributed by atoms with Crippen molar-refractivity contribution < 1.29 is 9.32 Å². The Bertz CT molecular complexity index is 1020. The van der Waals surface area contributed by atoms with E-state index in [1.54, 1.807) is 0 Å². The summed E-state index contributed by atoms with van der Waals surface area (Å²) in [6.45, 7) is 5.35. The molecule has 1 aliphatic rings. The van der Waals surface area contributed by atoms with Crippen molar-refractivity contribution >= 4 is 27.6 Å². The first-order valence-corrected chi connectivity index (χ1v) is 10.5. The quantitative estimate of drug-likeness (QED) is 0.564. The predicted molar refractivity (Wildman–Crippen MR) is 116 cm³/mol. The summed E-state index contributed by atoms with van der Waals surface area (Å²) in [4.78, 5) is 19.2. The molecule has 29 heavy (non-hydrogen) atoms. The molecule has 1 saturated heterocycles. The van der Waals surface area contributed by atoms with Gasteiger partial charge in [0.1, 0.15) is 0 Å². The van der Waals surface area contributed by atoms with E-state index < -0.39 is 0 Å². The molecule has 0 radical (unpaired) electrons. The van der Waals surface area contributed by atoms with Gasteiger partial charge in [-0.2, -0.15) is 4.98 Å². The van der Waals surface area contributed by atoms with Crippen molar-refractivity contribution in [1.29, 1.82) is 0 Å². The second-order valence-corrected chi connectivity index (χ2v) is 8.34. The van der Waals surface area contributed by atoms with Gasteiger partial charge in [-0.25, -0.2) is 4.79 Å². The number of hydrogen-bond acceptors (Lipinski definition) is 4. The van der Waals surface area contributed by atoms with E-state index in [0.29, 0.717) is 18.3 Å². The van der Waals surface area contributed by atoms with E-state index in [1.165, 1.54) is 0 Å². The Morgan fingerprint density at radius 2 is 2.00 bits per heavy atom. The minimum atomic E-state index is -0.0870. The molecule has 7 heteroatoms. The molecule has 3 aromatic rings. The highest BCUT2D eigenvalue weighted by Crippen LogP contribution is 2.28. The summed E-state index contributed by atoms with van der Waals surface area (Å²) in [5.74, 6) is 1.21. The fraction of sp³-hybridized carbons (Fsp3) is 0.318. The van der Waals surface area contributed by atoms with Gasteiger partial charge in [-0.15, -0.1) is 0 Å². The monoisotopic (exact) mass is 454 g/mol. The first kappa shape index (κ1) is 19.6. The molecule has 0 bridgehead atoms. The van der Waals surface area contributed by atoms with E-state index >= 15 is 0 Å². The van der Waals surface area contributed by atoms with Gasteiger partial charge < -0.3 is 14.7 Å². The minimum absolute atomic E-state index is 0.0461. The molecule has 1 N–H and O–H groups in total. The predicted octanol–water partition coefficient (Wildman–Crippen LogP) is 5.53. The van der Waals surface area contributed by atoms with Crippen molar-refractivity contribution in [2.24, 2.45) is 0 Å². The number of carbonyl (C=O) groups is 1. The highest BCUT2D eigenvalue weighted by molar-refractivity contribution is 9.10. The van der Waals surface area contributed by atoms with Gasteiger partial charge >= 0.3 is 6.03 Å². The molecule has 1 fully saturated rings. The molecule has 0 saturated carbocycles. The molecule has 1 atom stereocenters. The Hall–Kier alpha value is -2.67. The highest BCUT2D eigenvalue weighted by Gasteiger charge is 2.29. The molecule has 2 heterocycles. The number of aromatic nitrogens is 2. The van der Waals surface area contributed by atoms with E-state index in [9.17, 15) is 4.79 Å². The molecule has 150 valence electrons. The number of rotatable bonds is 3. The number of benzene rings is 2. The second kappa shape index (κ2) is 8.37. The van der Waals surface area contributed by atoms with E-state index in [4.69, 9.17) is 4.52 Å². The van der Waals surface area contributed by atoms with Crippen molar-refractivity contribution in [3.8, 4) is 11.4 Å². The lowest BCUT2D eigenvalue weighted by Crippen LogP contribution is -2.41. The lowest BCUT2D eigenvalue weighted by atomic mass is 9.98. The van der Waals surface area contributed by atoms with Gasteiger partial charge in [-0.3, -0.25) is 0 Å². The number of carbonyl (C=O) groups excluding carboxylic acids is 1. The Morgan fingerprint density at radius 1 is 1.21 bits per heavy atom.